The molecule has 7 rings (SSSR count). The van der Waals surface area contributed by atoms with Gasteiger partial charge in [0.2, 0.25) is 11.9 Å². The number of aromatic nitrogens is 4. The molecule has 3 aliphatic heterocycles. The number of carbonyl (C=O) groups is 1. The predicted molar refractivity (Wildman–Crippen MR) is 159 cm³/mol. The smallest absolute Gasteiger partial charge is 0.334 e. The Morgan fingerprint density at radius 3 is 2.83 bits per heavy atom. The van der Waals surface area contributed by atoms with E-state index in [1.165, 1.54) is 29.0 Å². The molecule has 11 nitrogen and oxygen atoms in total. The molecule has 0 radical (unpaired) electrons. The molecule has 12 heteroatoms. The van der Waals surface area contributed by atoms with Crippen molar-refractivity contribution < 1.29 is 13.9 Å². The van der Waals surface area contributed by atoms with Gasteiger partial charge in [0, 0.05) is 44.0 Å². The molecule has 3 N–H and O–H groups in total. The second-order valence-electron chi connectivity index (χ2n) is 11.1. The normalized spacial score (nSPS) is 16.9. The van der Waals surface area contributed by atoms with Crippen molar-refractivity contribution in [2.24, 2.45) is 0 Å². The van der Waals surface area contributed by atoms with E-state index in [9.17, 15) is 14.0 Å². The number of nitrogens with zero attached hydrogens (tertiary/aromatic N) is 5. The summed E-state index contributed by atoms with van der Waals surface area (Å²) in [6, 6.07) is 8.14. The zero-order valence-corrected chi connectivity index (χ0v) is 23.2. The van der Waals surface area contributed by atoms with Gasteiger partial charge in [-0.2, -0.15) is 4.98 Å². The van der Waals surface area contributed by atoms with Crippen LogP contribution in [0, 0.1) is 5.82 Å². The highest BCUT2D eigenvalue weighted by Gasteiger charge is 2.45. The third-order valence-corrected chi connectivity index (χ3v) is 8.43. The monoisotopic (exact) mass is 570 g/mol. The van der Waals surface area contributed by atoms with E-state index in [0.29, 0.717) is 41.4 Å². The molecule has 0 atom stereocenters. The van der Waals surface area contributed by atoms with Crippen LogP contribution >= 0.6 is 0 Å². The molecule has 2 aromatic carbocycles. The SMILES string of the molecule is C=CC(=O)Nc1cc(Nc2nccc(-n3c(=O)n4c5c(cc(F)cc53)CCC4)n2)c(OC)cc1N1CC2(CCCN2)C1. The van der Waals surface area contributed by atoms with Crippen molar-refractivity contribution >= 4 is 40.0 Å². The van der Waals surface area contributed by atoms with Crippen molar-refractivity contribution in [3.8, 4) is 11.6 Å². The highest BCUT2D eigenvalue weighted by molar-refractivity contribution is 6.02. The Bertz CT molecular complexity index is 1800. The lowest BCUT2D eigenvalue weighted by Crippen LogP contribution is -2.67. The summed E-state index contributed by atoms with van der Waals surface area (Å²) >= 11 is 0. The molecule has 2 saturated heterocycles. The Balaban J connectivity index is 1.25. The number of hydrogen-bond donors (Lipinski definition) is 3. The molecule has 0 bridgehead atoms. The van der Waals surface area contributed by atoms with Crippen LogP contribution in [-0.4, -0.2) is 57.3 Å². The maximum Gasteiger partial charge on any atom is 0.334 e. The van der Waals surface area contributed by atoms with Crippen LogP contribution in [0.2, 0.25) is 0 Å². The number of imidazole rings is 1. The van der Waals surface area contributed by atoms with Crippen LogP contribution in [0.5, 0.6) is 5.75 Å². The zero-order chi connectivity index (χ0) is 29.0. The lowest BCUT2D eigenvalue weighted by Gasteiger charge is -2.50. The van der Waals surface area contributed by atoms with Gasteiger partial charge in [-0.1, -0.05) is 6.58 Å². The highest BCUT2D eigenvalue weighted by atomic mass is 19.1. The number of hydrogen-bond acceptors (Lipinski definition) is 8. The van der Waals surface area contributed by atoms with Crippen molar-refractivity contribution in [1.29, 1.82) is 0 Å². The first kappa shape index (κ1) is 26.2. The number of aryl methyl sites for hydroxylation is 2. The highest BCUT2D eigenvalue weighted by Crippen LogP contribution is 2.43. The number of methoxy groups -OCH3 is 1. The summed E-state index contributed by atoms with van der Waals surface area (Å²) in [6.07, 6.45) is 6.52. The van der Waals surface area contributed by atoms with E-state index in [4.69, 9.17) is 4.74 Å². The average Bonchev–Trinajstić information content (AvgIpc) is 3.57. The quantitative estimate of drug-likeness (QED) is 0.289. The first-order chi connectivity index (χ1) is 20.4. The van der Waals surface area contributed by atoms with E-state index in [1.54, 1.807) is 23.8 Å². The molecule has 2 fully saturated rings. The third-order valence-electron chi connectivity index (χ3n) is 8.43. The summed E-state index contributed by atoms with van der Waals surface area (Å²) in [6.45, 7) is 6.83. The lowest BCUT2D eigenvalue weighted by atomic mass is 9.87. The Morgan fingerprint density at radius 1 is 1.21 bits per heavy atom. The van der Waals surface area contributed by atoms with Crippen LogP contribution < -0.4 is 31.3 Å². The third kappa shape index (κ3) is 4.30. The molecule has 0 saturated carbocycles. The van der Waals surface area contributed by atoms with Gasteiger partial charge in [-0.25, -0.2) is 18.7 Å². The van der Waals surface area contributed by atoms with Gasteiger partial charge in [-0.05, 0) is 56.0 Å². The molecule has 1 spiro atoms. The fourth-order valence-corrected chi connectivity index (χ4v) is 6.52. The summed E-state index contributed by atoms with van der Waals surface area (Å²) in [5.74, 6) is 0.317. The molecule has 0 unspecified atom stereocenters. The number of nitrogens with one attached hydrogen (secondary N) is 3. The fraction of sp³-hybridized carbons (Fsp3) is 0.333. The van der Waals surface area contributed by atoms with Gasteiger partial charge in [0.25, 0.3) is 0 Å². The molecule has 2 aromatic heterocycles. The molecule has 1 amide bonds. The van der Waals surface area contributed by atoms with Crippen LogP contribution in [0.1, 0.15) is 24.8 Å². The zero-order valence-electron chi connectivity index (χ0n) is 23.2. The number of rotatable bonds is 7. The minimum absolute atomic E-state index is 0.114. The van der Waals surface area contributed by atoms with Crippen molar-refractivity contribution in [2.45, 2.75) is 37.8 Å². The maximum absolute atomic E-state index is 14.5. The Labute approximate surface area is 241 Å². The van der Waals surface area contributed by atoms with Gasteiger partial charge >= 0.3 is 5.69 Å². The number of ether oxygens (including phenoxy) is 1. The van der Waals surface area contributed by atoms with Crippen molar-refractivity contribution in [3.63, 3.8) is 0 Å². The summed E-state index contributed by atoms with van der Waals surface area (Å²) < 4.78 is 23.4. The Morgan fingerprint density at radius 2 is 2.07 bits per heavy atom. The second-order valence-corrected chi connectivity index (χ2v) is 11.1. The van der Waals surface area contributed by atoms with E-state index in [2.05, 4.69) is 37.4 Å². The van der Waals surface area contributed by atoms with E-state index < -0.39 is 5.82 Å². The molecule has 42 heavy (non-hydrogen) atoms. The van der Waals surface area contributed by atoms with Gasteiger partial charge in [-0.15, -0.1) is 0 Å². The number of carbonyl (C=O) groups excluding carboxylic acids is 1. The van der Waals surface area contributed by atoms with Crippen LogP contribution in [-0.2, 0) is 17.8 Å². The Hall–Kier alpha value is -4.71. The number of halogens is 1. The van der Waals surface area contributed by atoms with Gasteiger partial charge in [0.15, 0.2) is 0 Å². The van der Waals surface area contributed by atoms with Crippen molar-refractivity contribution in [1.82, 2.24) is 24.4 Å². The summed E-state index contributed by atoms with van der Waals surface area (Å²) in [5, 5.41) is 9.72. The molecule has 5 heterocycles. The largest absolute Gasteiger partial charge is 0.494 e. The van der Waals surface area contributed by atoms with E-state index in [-0.39, 0.29) is 23.1 Å². The van der Waals surface area contributed by atoms with Crippen LogP contribution in [0.3, 0.4) is 0 Å². The van der Waals surface area contributed by atoms with E-state index >= 15 is 0 Å². The van der Waals surface area contributed by atoms with Crippen molar-refractivity contribution in [3.05, 3.63) is 71.0 Å². The summed E-state index contributed by atoms with van der Waals surface area (Å²) in [4.78, 5) is 37.0. The van der Waals surface area contributed by atoms with Crippen LogP contribution in [0.25, 0.3) is 16.9 Å². The molecule has 0 aliphatic carbocycles. The second kappa shape index (κ2) is 9.98. The number of benzene rings is 2. The van der Waals surface area contributed by atoms with Gasteiger partial charge < -0.3 is 25.6 Å². The number of amides is 1. The van der Waals surface area contributed by atoms with Gasteiger partial charge in [-0.3, -0.25) is 9.36 Å². The maximum atomic E-state index is 14.5. The predicted octanol–water partition coefficient (Wildman–Crippen LogP) is 3.49. The summed E-state index contributed by atoms with van der Waals surface area (Å²) in [7, 11) is 1.57. The van der Waals surface area contributed by atoms with Crippen LogP contribution in [0.4, 0.5) is 27.4 Å². The molecular formula is C30H31FN8O3. The van der Waals surface area contributed by atoms with E-state index in [1.807, 2.05) is 6.07 Å². The lowest BCUT2D eigenvalue weighted by molar-refractivity contribution is -0.111. The molecule has 3 aliphatic rings. The fourth-order valence-electron chi connectivity index (χ4n) is 6.52. The minimum Gasteiger partial charge on any atom is -0.494 e. The first-order valence-corrected chi connectivity index (χ1v) is 14.1. The van der Waals surface area contributed by atoms with Gasteiger partial charge in [0.05, 0.1) is 40.7 Å². The standard InChI is InChI=1S/C30H31FN8O3/c1-3-26(40)34-20-14-21(24(42-2)15-22(20)37-16-30(17-37)8-5-9-33-30)35-28-32-10-7-25(36-28)39-23-13-19(31)12-18-6-4-11-38(27(18)23)29(39)41/h3,7,10,12-15,33H,1,4-6,8-9,11,16-17H2,2H3,(H,34,40)(H,32,35,36). The molecule has 216 valence electrons. The molecular weight excluding hydrogens is 539 g/mol. The van der Waals surface area contributed by atoms with Crippen LogP contribution in [0.15, 0.2) is 54.0 Å². The average molecular weight is 571 g/mol. The summed E-state index contributed by atoms with van der Waals surface area (Å²) in [5.41, 5.74) is 3.81. The first-order valence-electron chi connectivity index (χ1n) is 14.1. The topological polar surface area (TPSA) is 118 Å². The van der Waals surface area contributed by atoms with Gasteiger partial charge in [0.1, 0.15) is 17.4 Å². The Kier molecular flexibility index (Phi) is 6.23. The van der Waals surface area contributed by atoms with Crippen molar-refractivity contribution in [2.75, 3.05) is 42.3 Å². The molecule has 4 aromatic rings. The van der Waals surface area contributed by atoms with E-state index in [0.717, 1.165) is 55.7 Å². The minimum atomic E-state index is -0.395. The number of anilines is 4.